The molecule has 0 saturated heterocycles. The van der Waals surface area contributed by atoms with Crippen LogP contribution >= 0.6 is 27.3 Å². The van der Waals surface area contributed by atoms with Gasteiger partial charge in [-0.05, 0) is 58.9 Å². The van der Waals surface area contributed by atoms with E-state index in [1.807, 2.05) is 38.1 Å². The van der Waals surface area contributed by atoms with Gasteiger partial charge in [-0.3, -0.25) is 4.79 Å². The minimum atomic E-state index is -0.0344. The molecule has 2 aromatic rings. The Balaban J connectivity index is 2.12. The zero-order valence-electron chi connectivity index (χ0n) is 11.5. The molecule has 5 heteroatoms. The third-order valence-corrected chi connectivity index (χ3v) is 4.89. The van der Waals surface area contributed by atoms with E-state index in [4.69, 9.17) is 0 Å². The average molecular weight is 353 g/mol. The second-order valence-corrected chi connectivity index (χ2v) is 6.29. The predicted octanol–water partition coefficient (Wildman–Crippen LogP) is 4.18. The van der Waals surface area contributed by atoms with E-state index in [1.165, 1.54) is 4.88 Å². The second-order valence-electron chi connectivity index (χ2n) is 4.43. The number of aryl methyl sites for hydroxylation is 1. The summed E-state index contributed by atoms with van der Waals surface area (Å²) in [6, 6.07) is 7.77. The highest BCUT2D eigenvalue weighted by atomic mass is 79.9. The van der Waals surface area contributed by atoms with Crippen LogP contribution in [0.15, 0.2) is 34.1 Å². The summed E-state index contributed by atoms with van der Waals surface area (Å²) in [7, 11) is 0. The summed E-state index contributed by atoms with van der Waals surface area (Å²) in [5, 5.41) is 8.26. The van der Waals surface area contributed by atoms with Crippen LogP contribution in [-0.4, -0.2) is 12.5 Å². The molecule has 0 fully saturated rings. The quantitative estimate of drug-likeness (QED) is 0.847. The van der Waals surface area contributed by atoms with Gasteiger partial charge in [-0.2, -0.15) is 0 Å². The Morgan fingerprint density at radius 2 is 2.15 bits per heavy atom. The molecule has 1 heterocycles. The van der Waals surface area contributed by atoms with E-state index in [0.717, 1.165) is 22.3 Å². The van der Waals surface area contributed by atoms with Gasteiger partial charge in [0.05, 0.1) is 6.54 Å². The highest BCUT2D eigenvalue weighted by Gasteiger charge is 2.08. The highest BCUT2D eigenvalue weighted by molar-refractivity contribution is 9.10. The van der Waals surface area contributed by atoms with Crippen molar-refractivity contribution < 1.29 is 4.79 Å². The summed E-state index contributed by atoms with van der Waals surface area (Å²) in [5.74, 6) is -0.0344. The lowest BCUT2D eigenvalue weighted by Crippen LogP contribution is -2.22. The number of thiophene rings is 1. The van der Waals surface area contributed by atoms with Crippen LogP contribution < -0.4 is 10.6 Å². The number of hydrogen-bond acceptors (Lipinski definition) is 3. The van der Waals surface area contributed by atoms with E-state index in [0.29, 0.717) is 12.1 Å². The van der Waals surface area contributed by atoms with Gasteiger partial charge in [0.1, 0.15) is 0 Å². The summed E-state index contributed by atoms with van der Waals surface area (Å²) >= 11 is 5.23. The van der Waals surface area contributed by atoms with Gasteiger partial charge < -0.3 is 10.6 Å². The lowest BCUT2D eigenvalue weighted by molar-refractivity contribution is 0.0956. The number of anilines is 1. The molecule has 0 bridgehead atoms. The summed E-state index contributed by atoms with van der Waals surface area (Å²) in [5.41, 5.74) is 2.81. The lowest BCUT2D eigenvalue weighted by Gasteiger charge is -2.11. The number of carbonyl (C=O) groups is 1. The first-order valence-electron chi connectivity index (χ1n) is 6.46. The fraction of sp³-hybridized carbons (Fsp3) is 0.267. The molecule has 0 spiro atoms. The van der Waals surface area contributed by atoms with Crippen molar-refractivity contribution in [1.29, 1.82) is 0 Å². The summed E-state index contributed by atoms with van der Waals surface area (Å²) in [4.78, 5) is 13.1. The number of nitrogens with one attached hydrogen (secondary N) is 2. The zero-order valence-corrected chi connectivity index (χ0v) is 13.9. The Kier molecular flexibility index (Phi) is 5.20. The maximum atomic E-state index is 11.9. The first-order chi connectivity index (χ1) is 9.61. The molecule has 2 rings (SSSR count). The number of benzene rings is 1. The van der Waals surface area contributed by atoms with Crippen molar-refractivity contribution in [2.75, 3.05) is 11.9 Å². The Labute approximate surface area is 131 Å². The maximum Gasteiger partial charge on any atom is 0.251 e. The van der Waals surface area contributed by atoms with E-state index in [2.05, 4.69) is 31.9 Å². The molecule has 3 nitrogen and oxygen atoms in total. The zero-order chi connectivity index (χ0) is 14.5. The first-order valence-corrected chi connectivity index (χ1v) is 8.13. The number of halogens is 1. The summed E-state index contributed by atoms with van der Waals surface area (Å²) < 4.78 is 1.12. The van der Waals surface area contributed by atoms with E-state index >= 15 is 0 Å². The molecule has 0 aliphatic rings. The molecular formula is C15H17BrN2OS. The van der Waals surface area contributed by atoms with Crippen LogP contribution in [0.1, 0.15) is 27.7 Å². The molecule has 1 amide bonds. The Bertz CT molecular complexity index is 610. The number of hydrogen-bond donors (Lipinski definition) is 2. The van der Waals surface area contributed by atoms with Gasteiger partial charge >= 0.3 is 0 Å². The van der Waals surface area contributed by atoms with Gasteiger partial charge in [0.15, 0.2) is 0 Å². The molecule has 0 aliphatic carbocycles. The van der Waals surface area contributed by atoms with E-state index in [-0.39, 0.29) is 5.91 Å². The molecule has 0 aliphatic heterocycles. The maximum absolute atomic E-state index is 11.9. The number of rotatable bonds is 5. The van der Waals surface area contributed by atoms with E-state index in [9.17, 15) is 4.79 Å². The smallest absolute Gasteiger partial charge is 0.251 e. The molecule has 0 saturated carbocycles. The molecule has 0 atom stereocenters. The molecule has 0 unspecified atom stereocenters. The van der Waals surface area contributed by atoms with Crippen molar-refractivity contribution in [1.82, 2.24) is 5.32 Å². The Morgan fingerprint density at radius 1 is 1.35 bits per heavy atom. The van der Waals surface area contributed by atoms with Gasteiger partial charge in [-0.25, -0.2) is 0 Å². The van der Waals surface area contributed by atoms with Crippen LogP contribution in [0.25, 0.3) is 0 Å². The second kappa shape index (κ2) is 6.90. The molecule has 1 aromatic heterocycles. The van der Waals surface area contributed by atoms with Crippen molar-refractivity contribution in [3.05, 3.63) is 50.1 Å². The monoisotopic (exact) mass is 352 g/mol. The van der Waals surface area contributed by atoms with Crippen molar-refractivity contribution >= 4 is 38.9 Å². The minimum absolute atomic E-state index is 0.0344. The summed E-state index contributed by atoms with van der Waals surface area (Å²) in [6.07, 6.45) is 0. The average Bonchev–Trinajstić information content (AvgIpc) is 2.83. The molecule has 20 heavy (non-hydrogen) atoms. The molecule has 2 N–H and O–H groups in total. The van der Waals surface area contributed by atoms with Crippen LogP contribution in [0.3, 0.4) is 0 Å². The SMILES string of the molecule is CCNC(=O)c1ccc(C)c(NCc2sccc2Br)c1. The van der Waals surface area contributed by atoms with Gasteiger partial charge in [0, 0.05) is 27.1 Å². The Morgan fingerprint density at radius 3 is 2.80 bits per heavy atom. The van der Waals surface area contributed by atoms with Crippen molar-refractivity contribution in [3.63, 3.8) is 0 Å². The third kappa shape index (κ3) is 3.61. The highest BCUT2D eigenvalue weighted by Crippen LogP contribution is 2.25. The van der Waals surface area contributed by atoms with Gasteiger partial charge in [-0.1, -0.05) is 6.07 Å². The molecular weight excluding hydrogens is 336 g/mol. The standard InChI is InChI=1S/C15H17BrN2OS/c1-3-17-15(19)11-5-4-10(2)13(8-11)18-9-14-12(16)6-7-20-14/h4-8,18H,3,9H2,1-2H3,(H,17,19). The van der Waals surface area contributed by atoms with Crippen molar-refractivity contribution in [2.45, 2.75) is 20.4 Å². The normalized spacial score (nSPS) is 10.3. The topological polar surface area (TPSA) is 41.1 Å². The fourth-order valence-electron chi connectivity index (χ4n) is 1.84. The van der Waals surface area contributed by atoms with Gasteiger partial charge in [0.2, 0.25) is 0 Å². The lowest BCUT2D eigenvalue weighted by atomic mass is 10.1. The minimum Gasteiger partial charge on any atom is -0.380 e. The van der Waals surface area contributed by atoms with Crippen LogP contribution in [0.4, 0.5) is 5.69 Å². The summed E-state index contributed by atoms with van der Waals surface area (Å²) in [6.45, 7) is 5.34. The van der Waals surface area contributed by atoms with Crippen molar-refractivity contribution in [3.8, 4) is 0 Å². The largest absolute Gasteiger partial charge is 0.380 e. The van der Waals surface area contributed by atoms with E-state index in [1.54, 1.807) is 11.3 Å². The molecule has 0 radical (unpaired) electrons. The van der Waals surface area contributed by atoms with Crippen LogP contribution in [0, 0.1) is 6.92 Å². The van der Waals surface area contributed by atoms with Gasteiger partial charge in [-0.15, -0.1) is 11.3 Å². The van der Waals surface area contributed by atoms with Crippen molar-refractivity contribution in [2.24, 2.45) is 0 Å². The number of carbonyl (C=O) groups excluding carboxylic acids is 1. The predicted molar refractivity (Wildman–Crippen MR) is 88.5 cm³/mol. The van der Waals surface area contributed by atoms with Gasteiger partial charge in [0.25, 0.3) is 5.91 Å². The fourth-order valence-corrected chi connectivity index (χ4v) is 3.28. The number of amides is 1. The van der Waals surface area contributed by atoms with E-state index < -0.39 is 0 Å². The van der Waals surface area contributed by atoms with Crippen LogP contribution in [0.2, 0.25) is 0 Å². The third-order valence-electron chi connectivity index (χ3n) is 2.97. The first kappa shape index (κ1) is 15.1. The van der Waals surface area contributed by atoms with Crippen LogP contribution in [0.5, 0.6) is 0 Å². The Hall–Kier alpha value is -1.33. The molecule has 106 valence electrons. The van der Waals surface area contributed by atoms with Crippen LogP contribution in [-0.2, 0) is 6.54 Å². The molecule has 1 aromatic carbocycles.